The number of aliphatic hydroxyl groups excluding tert-OH is 1. The Hall–Kier alpha value is -0.810. The number of hydrogen-bond donors (Lipinski definition) is 2. The number of halogens is 1. The molecule has 2 N–H and O–H groups in total. The highest BCUT2D eigenvalue weighted by molar-refractivity contribution is 9.10. The molecule has 0 radical (unpaired) electrons. The van der Waals surface area contributed by atoms with E-state index in [4.69, 9.17) is 9.52 Å². The highest BCUT2D eigenvalue weighted by Crippen LogP contribution is 2.13. The monoisotopic (exact) mass is 233 g/mol. The first-order chi connectivity index (χ1) is 5.74. The first kappa shape index (κ1) is 9.28. The lowest BCUT2D eigenvalue weighted by atomic mass is 10.3. The van der Waals surface area contributed by atoms with Gasteiger partial charge in [-0.05, 0) is 15.9 Å². The zero-order valence-corrected chi connectivity index (χ0v) is 7.80. The highest BCUT2D eigenvalue weighted by Gasteiger charge is 2.07. The number of aliphatic hydroxyl groups is 1. The molecule has 0 unspecified atom stereocenters. The molecule has 0 aliphatic rings. The molecule has 1 aromatic heterocycles. The van der Waals surface area contributed by atoms with Gasteiger partial charge in [0.1, 0.15) is 6.26 Å². The van der Waals surface area contributed by atoms with Crippen LogP contribution >= 0.6 is 15.9 Å². The van der Waals surface area contributed by atoms with Gasteiger partial charge < -0.3 is 14.8 Å². The van der Waals surface area contributed by atoms with Crippen molar-refractivity contribution in [1.82, 2.24) is 5.32 Å². The third kappa shape index (κ3) is 2.35. The van der Waals surface area contributed by atoms with Gasteiger partial charge in [0.2, 0.25) is 0 Å². The predicted molar refractivity (Wildman–Crippen MR) is 45.8 cm³/mol. The molecular weight excluding hydrogens is 226 g/mol. The Morgan fingerprint density at radius 2 is 2.50 bits per heavy atom. The second kappa shape index (κ2) is 4.27. The predicted octanol–water partition coefficient (Wildman–Crippen LogP) is 0.764. The fourth-order valence-corrected chi connectivity index (χ4v) is 1.04. The van der Waals surface area contributed by atoms with Gasteiger partial charge >= 0.3 is 0 Å². The van der Waals surface area contributed by atoms with Crippen molar-refractivity contribution in [3.63, 3.8) is 0 Å². The first-order valence-electron chi connectivity index (χ1n) is 3.37. The molecule has 0 saturated carbocycles. The minimum absolute atomic E-state index is 0.0647. The number of nitrogens with one attached hydrogen (secondary N) is 1. The van der Waals surface area contributed by atoms with Crippen LogP contribution in [0.2, 0.25) is 0 Å². The van der Waals surface area contributed by atoms with E-state index in [9.17, 15) is 4.79 Å². The van der Waals surface area contributed by atoms with E-state index in [2.05, 4.69) is 21.2 Å². The Morgan fingerprint density at radius 3 is 3.00 bits per heavy atom. The van der Waals surface area contributed by atoms with E-state index >= 15 is 0 Å². The number of amides is 1. The summed E-state index contributed by atoms with van der Waals surface area (Å²) in [4.78, 5) is 11.1. The van der Waals surface area contributed by atoms with Crippen LogP contribution in [0.25, 0.3) is 0 Å². The average Bonchev–Trinajstić information content (AvgIpc) is 2.47. The molecule has 0 spiro atoms. The molecule has 0 saturated heterocycles. The zero-order chi connectivity index (χ0) is 8.97. The third-order valence-corrected chi connectivity index (χ3v) is 1.64. The van der Waals surface area contributed by atoms with Gasteiger partial charge in [0.25, 0.3) is 5.91 Å². The Morgan fingerprint density at radius 1 is 1.75 bits per heavy atom. The van der Waals surface area contributed by atoms with Crippen LogP contribution in [0.15, 0.2) is 21.4 Å². The quantitative estimate of drug-likeness (QED) is 0.811. The van der Waals surface area contributed by atoms with Gasteiger partial charge in [-0.25, -0.2) is 0 Å². The van der Waals surface area contributed by atoms with Crippen LogP contribution in [-0.4, -0.2) is 24.2 Å². The summed E-state index contributed by atoms with van der Waals surface area (Å²) in [5.74, 6) is -0.251. The molecular formula is C7H8BrNO3. The molecule has 66 valence electrons. The summed E-state index contributed by atoms with van der Waals surface area (Å²) in [6, 6.07) is 1.56. The van der Waals surface area contributed by atoms with E-state index < -0.39 is 0 Å². The summed E-state index contributed by atoms with van der Waals surface area (Å²) >= 11 is 3.07. The number of hydrogen-bond acceptors (Lipinski definition) is 3. The molecule has 5 heteroatoms. The van der Waals surface area contributed by atoms with Gasteiger partial charge in [0, 0.05) is 12.6 Å². The second-order valence-corrected chi connectivity index (χ2v) is 2.90. The lowest BCUT2D eigenvalue weighted by Gasteiger charge is -1.97. The van der Waals surface area contributed by atoms with Gasteiger partial charge in [-0.15, -0.1) is 0 Å². The molecule has 1 heterocycles. The van der Waals surface area contributed by atoms with Crippen molar-refractivity contribution in [2.75, 3.05) is 13.2 Å². The largest absolute Gasteiger partial charge is 0.457 e. The summed E-state index contributed by atoms with van der Waals surface area (Å²) in [6.45, 7) is 0.187. The van der Waals surface area contributed by atoms with Crippen LogP contribution in [-0.2, 0) is 0 Å². The van der Waals surface area contributed by atoms with E-state index in [0.717, 1.165) is 0 Å². The number of carbonyl (C=O) groups excluding carboxylic acids is 1. The smallest absolute Gasteiger partial charge is 0.254 e. The van der Waals surface area contributed by atoms with Crippen LogP contribution < -0.4 is 5.32 Å². The Bertz CT molecular complexity index is 271. The minimum Gasteiger partial charge on any atom is -0.457 e. The van der Waals surface area contributed by atoms with Crippen molar-refractivity contribution < 1.29 is 14.3 Å². The van der Waals surface area contributed by atoms with Gasteiger partial charge in [-0.3, -0.25) is 4.79 Å². The summed E-state index contributed by atoms with van der Waals surface area (Å²) in [5, 5.41) is 10.9. The zero-order valence-electron chi connectivity index (χ0n) is 6.21. The maximum Gasteiger partial charge on any atom is 0.254 e. The van der Waals surface area contributed by atoms with E-state index in [1.54, 1.807) is 6.07 Å². The summed E-state index contributed by atoms with van der Waals surface area (Å²) in [7, 11) is 0. The molecule has 0 aromatic carbocycles. The second-order valence-electron chi connectivity index (χ2n) is 2.12. The van der Waals surface area contributed by atoms with E-state index in [1.807, 2.05) is 0 Å². The van der Waals surface area contributed by atoms with Gasteiger partial charge in [0.05, 0.1) is 12.2 Å². The van der Waals surface area contributed by atoms with Gasteiger partial charge in [-0.1, -0.05) is 0 Å². The molecule has 0 aliphatic carbocycles. The van der Waals surface area contributed by atoms with E-state index in [0.29, 0.717) is 10.2 Å². The normalized spacial score (nSPS) is 9.83. The number of carbonyl (C=O) groups is 1. The topological polar surface area (TPSA) is 62.5 Å². The molecule has 0 fully saturated rings. The Labute approximate surface area is 77.7 Å². The van der Waals surface area contributed by atoms with Crippen molar-refractivity contribution in [2.45, 2.75) is 0 Å². The summed E-state index contributed by atoms with van der Waals surface area (Å²) in [5.41, 5.74) is 0.440. The van der Waals surface area contributed by atoms with Crippen molar-refractivity contribution in [3.05, 3.63) is 22.6 Å². The molecule has 12 heavy (non-hydrogen) atoms. The van der Waals surface area contributed by atoms with Crippen molar-refractivity contribution in [3.8, 4) is 0 Å². The fourth-order valence-electron chi connectivity index (χ4n) is 0.701. The molecule has 1 aromatic rings. The summed E-state index contributed by atoms with van der Waals surface area (Å²) < 4.78 is 5.37. The molecule has 0 bridgehead atoms. The molecule has 1 amide bonds. The van der Waals surface area contributed by atoms with Crippen LogP contribution in [0.3, 0.4) is 0 Å². The number of rotatable bonds is 3. The average molecular weight is 234 g/mol. The maximum atomic E-state index is 11.1. The molecule has 0 aliphatic heterocycles. The molecule has 0 atom stereocenters. The van der Waals surface area contributed by atoms with Gasteiger partial charge in [-0.2, -0.15) is 0 Å². The maximum absolute atomic E-state index is 11.1. The molecule has 1 rings (SSSR count). The number of furan rings is 1. The lowest BCUT2D eigenvalue weighted by Crippen LogP contribution is -2.25. The SMILES string of the molecule is O=C(NCCO)c1coc(Br)c1. The van der Waals surface area contributed by atoms with Crippen molar-refractivity contribution in [1.29, 1.82) is 0 Å². The third-order valence-electron chi connectivity index (χ3n) is 1.23. The van der Waals surface area contributed by atoms with Crippen LogP contribution in [0, 0.1) is 0 Å². The Balaban J connectivity index is 2.53. The van der Waals surface area contributed by atoms with Crippen LogP contribution in [0.5, 0.6) is 0 Å². The van der Waals surface area contributed by atoms with E-state index in [-0.39, 0.29) is 19.1 Å². The minimum atomic E-state index is -0.251. The fraction of sp³-hybridized carbons (Fsp3) is 0.286. The lowest BCUT2D eigenvalue weighted by molar-refractivity contribution is 0.0944. The highest BCUT2D eigenvalue weighted by atomic mass is 79.9. The first-order valence-corrected chi connectivity index (χ1v) is 4.16. The van der Waals surface area contributed by atoms with Crippen LogP contribution in [0.1, 0.15) is 10.4 Å². The molecule has 4 nitrogen and oxygen atoms in total. The summed E-state index contributed by atoms with van der Waals surface area (Å²) in [6.07, 6.45) is 1.34. The van der Waals surface area contributed by atoms with Crippen molar-refractivity contribution >= 4 is 21.8 Å². The standard InChI is InChI=1S/C7H8BrNO3/c8-6-3-5(4-12-6)7(11)9-1-2-10/h3-4,10H,1-2H2,(H,9,11). The van der Waals surface area contributed by atoms with Crippen molar-refractivity contribution in [2.24, 2.45) is 0 Å². The van der Waals surface area contributed by atoms with E-state index in [1.165, 1.54) is 6.26 Å². The Kier molecular flexibility index (Phi) is 3.31. The van der Waals surface area contributed by atoms with Gasteiger partial charge in [0.15, 0.2) is 4.67 Å². The van der Waals surface area contributed by atoms with Crippen LogP contribution in [0.4, 0.5) is 0 Å².